The van der Waals surface area contributed by atoms with E-state index in [1.54, 1.807) is 0 Å². The topological polar surface area (TPSA) is 42.5 Å². The first-order chi connectivity index (χ1) is 15.2. The third-order valence-electron chi connectivity index (χ3n) is 7.44. The third-order valence-corrected chi connectivity index (χ3v) is 7.44. The summed E-state index contributed by atoms with van der Waals surface area (Å²) in [5.41, 5.74) is 5.63. The smallest absolute Gasteiger partial charge is 0.226 e. The van der Waals surface area contributed by atoms with Crippen molar-refractivity contribution in [1.82, 2.24) is 14.5 Å². The van der Waals surface area contributed by atoms with Gasteiger partial charge in [-0.3, -0.25) is 0 Å². The first-order valence-corrected chi connectivity index (χ1v) is 11.3. The van der Waals surface area contributed by atoms with Crippen LogP contribution in [0, 0.1) is 25.3 Å². The van der Waals surface area contributed by atoms with Crippen LogP contribution in [-0.2, 0) is 23.1 Å². The summed E-state index contributed by atoms with van der Waals surface area (Å²) in [5.74, 6) is 0.961. The molecule has 1 aromatic heterocycles. The van der Waals surface area contributed by atoms with Gasteiger partial charge in [0.15, 0.2) is 5.78 Å². The molecular formula is C27H32N4O. The molecular weight excluding hydrogens is 396 g/mol. The molecule has 4 rings (SSSR count). The number of imidazole rings is 1. The van der Waals surface area contributed by atoms with Crippen LogP contribution in [0.4, 0.5) is 0 Å². The van der Waals surface area contributed by atoms with E-state index in [0.717, 1.165) is 48.6 Å². The molecule has 0 saturated heterocycles. The summed E-state index contributed by atoms with van der Waals surface area (Å²) >= 11 is 0. The van der Waals surface area contributed by atoms with Crippen LogP contribution >= 0.6 is 0 Å². The molecule has 0 aliphatic heterocycles. The Bertz CT molecular complexity index is 1160. The number of aryl methyl sites for hydroxylation is 2. The van der Waals surface area contributed by atoms with Crippen LogP contribution in [0.15, 0.2) is 48.3 Å². The molecule has 166 valence electrons. The number of Topliss-reactive ketones (excluding diaryl/α,β-unsaturated/α-hetero) is 1. The zero-order valence-corrected chi connectivity index (χ0v) is 19.8. The fraction of sp³-hybridized carbons (Fsp3) is 0.444. The minimum absolute atomic E-state index is 0.0194. The van der Waals surface area contributed by atoms with Crippen LogP contribution in [0.2, 0.25) is 0 Å². The molecule has 5 nitrogen and oxygen atoms in total. The lowest BCUT2D eigenvalue weighted by Crippen LogP contribution is -2.45. The van der Waals surface area contributed by atoms with Crippen molar-refractivity contribution in [3.8, 4) is 5.69 Å². The van der Waals surface area contributed by atoms with Gasteiger partial charge in [-0.2, -0.15) is 0 Å². The standard InChI is InChI=1S/C27H32N4O/c1-17(30(6)7)11-12-20-9-8-10-21(15-20)31-19(3)29-26-24(31)14-13-22-18(2)25(32)23(28-5)16-27(22,26)4/h8-10,15-16,18,22H,1,11-14H2,2-4,6-7H3/t18-,22-,27-/m0/s1. The lowest BCUT2D eigenvalue weighted by molar-refractivity contribution is -0.121. The van der Waals surface area contributed by atoms with E-state index in [1.165, 1.54) is 11.3 Å². The highest BCUT2D eigenvalue weighted by Gasteiger charge is 2.49. The second-order valence-corrected chi connectivity index (χ2v) is 9.64. The van der Waals surface area contributed by atoms with Gasteiger partial charge < -0.3 is 14.3 Å². The summed E-state index contributed by atoms with van der Waals surface area (Å²) in [7, 11) is 4.06. The number of carbonyl (C=O) groups excluding carboxylic acids is 1. The number of hydrogen-bond donors (Lipinski definition) is 0. The summed E-state index contributed by atoms with van der Waals surface area (Å²) in [6.45, 7) is 17.8. The van der Waals surface area contributed by atoms with Crippen LogP contribution in [0.1, 0.15) is 49.5 Å². The van der Waals surface area contributed by atoms with Crippen LogP contribution in [-0.4, -0.2) is 34.3 Å². The Morgan fingerprint density at radius 1 is 1.41 bits per heavy atom. The monoisotopic (exact) mass is 428 g/mol. The van der Waals surface area contributed by atoms with E-state index >= 15 is 0 Å². The predicted octanol–water partition coefficient (Wildman–Crippen LogP) is 5.03. The van der Waals surface area contributed by atoms with Gasteiger partial charge in [0.05, 0.1) is 12.3 Å². The third kappa shape index (κ3) is 3.48. The molecule has 5 heteroatoms. The van der Waals surface area contributed by atoms with E-state index < -0.39 is 5.41 Å². The number of hydrogen-bond acceptors (Lipinski definition) is 3. The molecule has 0 bridgehead atoms. The Morgan fingerprint density at radius 2 is 2.16 bits per heavy atom. The summed E-state index contributed by atoms with van der Waals surface area (Å²) in [4.78, 5) is 23.3. The van der Waals surface area contributed by atoms with E-state index in [0.29, 0.717) is 0 Å². The first kappa shape index (κ1) is 22.1. The zero-order valence-electron chi connectivity index (χ0n) is 19.8. The lowest BCUT2D eigenvalue weighted by atomic mass is 9.59. The average Bonchev–Trinajstić information content (AvgIpc) is 3.12. The molecule has 1 aromatic carbocycles. The second-order valence-electron chi connectivity index (χ2n) is 9.64. The molecule has 0 spiro atoms. The van der Waals surface area contributed by atoms with E-state index in [-0.39, 0.29) is 23.3 Å². The fourth-order valence-corrected chi connectivity index (χ4v) is 5.52. The van der Waals surface area contributed by atoms with Gasteiger partial charge in [-0.25, -0.2) is 9.83 Å². The fourth-order valence-electron chi connectivity index (χ4n) is 5.52. The van der Waals surface area contributed by atoms with Gasteiger partial charge >= 0.3 is 0 Å². The minimum Gasteiger partial charge on any atom is -0.381 e. The van der Waals surface area contributed by atoms with Gasteiger partial charge in [0.1, 0.15) is 5.82 Å². The Kier molecular flexibility index (Phi) is 5.58. The van der Waals surface area contributed by atoms with Crippen molar-refractivity contribution in [3.63, 3.8) is 0 Å². The minimum atomic E-state index is -0.391. The SMILES string of the molecule is [C-]#[N+]C1=C[C@]2(C)c3nc(C)n(-c4cccc(CCC(=C)N(C)C)c4)c3CC[C@H]2[C@H](C)C1=O. The summed E-state index contributed by atoms with van der Waals surface area (Å²) in [6.07, 6.45) is 5.57. The van der Waals surface area contributed by atoms with E-state index in [4.69, 9.17) is 11.6 Å². The highest BCUT2D eigenvalue weighted by molar-refractivity contribution is 6.00. The number of aromatic nitrogens is 2. The Morgan fingerprint density at radius 3 is 2.84 bits per heavy atom. The number of ketones is 1. The Balaban J connectivity index is 1.75. The van der Waals surface area contributed by atoms with Gasteiger partial charge in [-0.15, -0.1) is 0 Å². The van der Waals surface area contributed by atoms with E-state index in [9.17, 15) is 4.79 Å². The van der Waals surface area contributed by atoms with Crippen LogP contribution in [0.5, 0.6) is 0 Å². The molecule has 0 N–H and O–H groups in total. The average molecular weight is 429 g/mol. The van der Waals surface area contributed by atoms with Crippen LogP contribution < -0.4 is 0 Å². The van der Waals surface area contributed by atoms with E-state index in [2.05, 4.69) is 52.1 Å². The molecule has 2 aliphatic rings. The number of nitrogens with zero attached hydrogens (tertiary/aromatic N) is 4. The molecule has 1 heterocycles. The molecule has 0 unspecified atom stereocenters. The van der Waals surface area contributed by atoms with Crippen molar-refractivity contribution in [2.24, 2.45) is 11.8 Å². The summed E-state index contributed by atoms with van der Waals surface area (Å²) in [5, 5.41) is 0. The zero-order chi connectivity index (χ0) is 23.2. The molecule has 0 amide bonds. The number of rotatable bonds is 5. The second kappa shape index (κ2) is 8.09. The number of carbonyl (C=O) groups is 1. The first-order valence-electron chi connectivity index (χ1n) is 11.3. The number of allylic oxidation sites excluding steroid dienone is 3. The van der Waals surface area contributed by atoms with Gasteiger partial charge in [-0.05, 0) is 56.2 Å². The summed E-state index contributed by atoms with van der Waals surface area (Å²) < 4.78 is 2.27. The molecule has 32 heavy (non-hydrogen) atoms. The van der Waals surface area contributed by atoms with Crippen molar-refractivity contribution >= 4 is 5.78 Å². The van der Waals surface area contributed by atoms with Crippen molar-refractivity contribution < 1.29 is 4.79 Å². The van der Waals surface area contributed by atoms with Crippen molar-refractivity contribution in [1.29, 1.82) is 0 Å². The molecule has 0 fully saturated rings. The maximum Gasteiger partial charge on any atom is 0.226 e. The molecule has 3 atom stereocenters. The van der Waals surface area contributed by atoms with Crippen LogP contribution in [0.25, 0.3) is 10.5 Å². The molecule has 2 aliphatic carbocycles. The highest BCUT2D eigenvalue weighted by Crippen LogP contribution is 2.50. The maximum absolute atomic E-state index is 12.6. The summed E-state index contributed by atoms with van der Waals surface area (Å²) in [6, 6.07) is 8.67. The molecule has 2 aromatic rings. The number of benzene rings is 1. The van der Waals surface area contributed by atoms with Gasteiger partial charge in [0, 0.05) is 42.5 Å². The Hall–Kier alpha value is -3.13. The Labute approximate surface area is 191 Å². The van der Waals surface area contributed by atoms with Crippen molar-refractivity contribution in [2.75, 3.05) is 14.1 Å². The van der Waals surface area contributed by atoms with E-state index in [1.807, 2.05) is 34.0 Å². The van der Waals surface area contributed by atoms with Crippen molar-refractivity contribution in [2.45, 2.75) is 51.9 Å². The maximum atomic E-state index is 12.6. The van der Waals surface area contributed by atoms with Crippen molar-refractivity contribution in [3.05, 3.63) is 82.5 Å². The normalized spacial score (nSPS) is 24.2. The van der Waals surface area contributed by atoms with Gasteiger partial charge in [-0.1, -0.05) is 38.6 Å². The largest absolute Gasteiger partial charge is 0.381 e. The highest BCUT2D eigenvalue weighted by atomic mass is 16.1. The van der Waals surface area contributed by atoms with Gasteiger partial charge in [0.25, 0.3) is 0 Å². The van der Waals surface area contributed by atoms with Gasteiger partial charge in [0.2, 0.25) is 5.70 Å². The quantitative estimate of drug-likeness (QED) is 0.627. The molecule has 0 radical (unpaired) electrons. The predicted molar refractivity (Wildman–Crippen MR) is 127 cm³/mol. The molecule has 0 saturated carbocycles. The van der Waals surface area contributed by atoms with Crippen LogP contribution in [0.3, 0.4) is 0 Å². The lowest BCUT2D eigenvalue weighted by Gasteiger charge is -2.44. The number of fused-ring (bicyclic) bond motifs is 3.